The number of hydrogen-bond donors (Lipinski definition) is 0. The summed E-state index contributed by atoms with van der Waals surface area (Å²) >= 11 is 12.7. The third kappa shape index (κ3) is 5.12. The van der Waals surface area contributed by atoms with Crippen molar-refractivity contribution in [2.75, 3.05) is 11.6 Å². The van der Waals surface area contributed by atoms with Crippen LogP contribution in [0.3, 0.4) is 0 Å². The van der Waals surface area contributed by atoms with Crippen molar-refractivity contribution in [2.45, 2.75) is 12.8 Å². The standard InChI is InChI=1S/C24H13Cl2N5O4/c1-28-15-4-2-13(3-5-15)6-14-7-22(29-12-21(14)33)35-24-17(25)8-16(9-18(24)26)31-23(34)10-20(32)19(11-27)30-31/h2-5,7-9H,6,10,12H2. The molecule has 4 rings (SSSR count). The number of carbonyl (C=O) groups is 3. The number of Topliss-reactive ketones (excluding diaryl/α,β-unsaturated/α-hetero) is 2. The Balaban J connectivity index is 1.57. The average Bonchev–Trinajstić information content (AvgIpc) is 2.84. The molecule has 0 N–H and O–H groups in total. The molecule has 0 saturated heterocycles. The summed E-state index contributed by atoms with van der Waals surface area (Å²) in [4.78, 5) is 43.7. The Hall–Kier alpha value is -4.31. The van der Waals surface area contributed by atoms with Gasteiger partial charge in [-0.1, -0.05) is 47.5 Å². The van der Waals surface area contributed by atoms with E-state index in [4.69, 9.17) is 39.8 Å². The predicted octanol–water partition coefficient (Wildman–Crippen LogP) is 4.26. The van der Waals surface area contributed by atoms with Gasteiger partial charge in [0.2, 0.25) is 17.4 Å². The number of hydrazone groups is 1. The molecule has 0 radical (unpaired) electrons. The fourth-order valence-electron chi connectivity index (χ4n) is 3.31. The van der Waals surface area contributed by atoms with Crippen LogP contribution < -0.4 is 9.75 Å². The maximum Gasteiger partial charge on any atom is 0.255 e. The van der Waals surface area contributed by atoms with Crippen LogP contribution in [0.4, 0.5) is 11.4 Å². The van der Waals surface area contributed by atoms with Gasteiger partial charge in [-0.3, -0.25) is 14.4 Å². The van der Waals surface area contributed by atoms with Crippen LogP contribution in [-0.2, 0) is 20.8 Å². The lowest BCUT2D eigenvalue weighted by Crippen LogP contribution is -2.36. The van der Waals surface area contributed by atoms with Crippen molar-refractivity contribution in [1.29, 1.82) is 5.26 Å². The summed E-state index contributed by atoms with van der Waals surface area (Å²) in [5, 5.41) is 13.7. The smallest absolute Gasteiger partial charge is 0.255 e. The maximum atomic E-state index is 12.4. The lowest BCUT2D eigenvalue weighted by molar-refractivity contribution is -0.124. The number of nitrogens with zero attached hydrogens (tertiary/aromatic N) is 5. The van der Waals surface area contributed by atoms with Crippen LogP contribution in [-0.4, -0.2) is 35.6 Å². The Morgan fingerprint density at radius 1 is 1.11 bits per heavy atom. The number of hydrogen-bond acceptors (Lipinski definition) is 7. The molecule has 9 nitrogen and oxygen atoms in total. The number of carbonyl (C=O) groups excluding carboxylic acids is 3. The van der Waals surface area contributed by atoms with E-state index in [-0.39, 0.29) is 39.7 Å². The first-order valence-corrected chi connectivity index (χ1v) is 10.8. The minimum absolute atomic E-state index is 0.0233. The molecule has 0 aromatic heterocycles. The van der Waals surface area contributed by atoms with Crippen LogP contribution in [0.2, 0.25) is 10.0 Å². The molecular weight excluding hydrogens is 493 g/mol. The minimum Gasteiger partial charge on any atom is -0.436 e. The van der Waals surface area contributed by atoms with Gasteiger partial charge in [0, 0.05) is 18.1 Å². The van der Waals surface area contributed by atoms with Gasteiger partial charge in [-0.2, -0.15) is 15.4 Å². The van der Waals surface area contributed by atoms with E-state index >= 15 is 0 Å². The van der Waals surface area contributed by atoms with Gasteiger partial charge >= 0.3 is 0 Å². The van der Waals surface area contributed by atoms with Gasteiger partial charge < -0.3 is 4.74 Å². The van der Waals surface area contributed by atoms with E-state index in [1.165, 1.54) is 18.2 Å². The number of ether oxygens (including phenoxy) is 1. The Kier molecular flexibility index (Phi) is 6.74. The van der Waals surface area contributed by atoms with Crippen molar-refractivity contribution in [1.82, 2.24) is 0 Å². The molecule has 172 valence electrons. The largest absolute Gasteiger partial charge is 0.436 e. The predicted molar refractivity (Wildman–Crippen MR) is 129 cm³/mol. The molecule has 2 heterocycles. The fraction of sp³-hybridized carbons (Fsp3) is 0.125. The zero-order valence-corrected chi connectivity index (χ0v) is 19.3. The Labute approximate surface area is 209 Å². The third-order valence-electron chi connectivity index (χ3n) is 5.05. The van der Waals surface area contributed by atoms with Gasteiger partial charge in [0.05, 0.1) is 28.7 Å². The fourth-order valence-corrected chi connectivity index (χ4v) is 3.86. The number of aliphatic imine (C=N–C) groups is 1. The Morgan fingerprint density at radius 3 is 2.43 bits per heavy atom. The van der Waals surface area contributed by atoms with E-state index in [0.717, 1.165) is 10.6 Å². The summed E-state index contributed by atoms with van der Waals surface area (Å²) in [5.74, 6) is -1.29. The molecule has 35 heavy (non-hydrogen) atoms. The molecule has 2 aromatic rings. The number of rotatable bonds is 4. The first kappa shape index (κ1) is 23.8. The number of benzene rings is 2. The number of amides is 1. The summed E-state index contributed by atoms with van der Waals surface area (Å²) in [6, 6.07) is 11.3. The maximum absolute atomic E-state index is 12.4. The number of halogens is 2. The van der Waals surface area contributed by atoms with Crippen LogP contribution >= 0.6 is 23.2 Å². The van der Waals surface area contributed by atoms with Crippen molar-refractivity contribution in [3.8, 4) is 11.8 Å². The number of nitriles is 1. The lowest BCUT2D eigenvalue weighted by atomic mass is 9.99. The number of anilines is 1. The van der Waals surface area contributed by atoms with E-state index in [9.17, 15) is 14.4 Å². The second-order valence-corrected chi connectivity index (χ2v) is 8.22. The molecule has 0 saturated carbocycles. The van der Waals surface area contributed by atoms with E-state index in [0.29, 0.717) is 17.7 Å². The molecule has 2 aliphatic rings. The number of dihydropyridines is 1. The van der Waals surface area contributed by atoms with Crippen LogP contribution in [0.1, 0.15) is 12.0 Å². The van der Waals surface area contributed by atoms with Crippen LogP contribution in [0.25, 0.3) is 4.85 Å². The van der Waals surface area contributed by atoms with Crippen molar-refractivity contribution in [3.63, 3.8) is 0 Å². The second-order valence-electron chi connectivity index (χ2n) is 7.41. The summed E-state index contributed by atoms with van der Waals surface area (Å²) in [5.41, 5.74) is 1.57. The zero-order chi connectivity index (χ0) is 25.1. The summed E-state index contributed by atoms with van der Waals surface area (Å²) < 4.78 is 5.77. The minimum atomic E-state index is -0.666. The monoisotopic (exact) mass is 505 g/mol. The van der Waals surface area contributed by atoms with Gasteiger partial charge in [-0.05, 0) is 17.7 Å². The topological polar surface area (TPSA) is 117 Å². The molecule has 2 aliphatic heterocycles. The van der Waals surface area contributed by atoms with E-state index in [1.807, 2.05) is 0 Å². The highest BCUT2D eigenvalue weighted by Crippen LogP contribution is 2.38. The molecule has 0 spiro atoms. The Bertz CT molecular complexity index is 1420. The van der Waals surface area contributed by atoms with Gasteiger partial charge in [-0.15, -0.1) is 0 Å². The average molecular weight is 506 g/mol. The SMILES string of the molecule is [C-]#[N+]c1ccc(CC2=CC(Oc3c(Cl)cc(N4N=C(C#N)C(=O)CC4=O)cc3Cl)=NCC2=O)cc1. The van der Waals surface area contributed by atoms with Crippen LogP contribution in [0.5, 0.6) is 5.75 Å². The van der Waals surface area contributed by atoms with Gasteiger partial charge in [0.25, 0.3) is 5.91 Å². The lowest BCUT2D eigenvalue weighted by Gasteiger charge is -2.22. The molecule has 0 fully saturated rings. The summed E-state index contributed by atoms with van der Waals surface area (Å²) in [7, 11) is 0. The highest BCUT2D eigenvalue weighted by Gasteiger charge is 2.30. The number of ketones is 2. The van der Waals surface area contributed by atoms with Crippen molar-refractivity contribution >= 4 is 63.7 Å². The third-order valence-corrected chi connectivity index (χ3v) is 5.61. The first-order chi connectivity index (χ1) is 16.8. The molecule has 2 aromatic carbocycles. The molecule has 1 amide bonds. The first-order valence-electron chi connectivity index (χ1n) is 10.1. The van der Waals surface area contributed by atoms with Gasteiger partial charge in [-0.25, -0.2) is 9.84 Å². The van der Waals surface area contributed by atoms with Gasteiger partial charge in [0.15, 0.2) is 17.2 Å². The van der Waals surface area contributed by atoms with E-state index in [1.54, 1.807) is 30.3 Å². The van der Waals surface area contributed by atoms with E-state index < -0.39 is 23.8 Å². The summed E-state index contributed by atoms with van der Waals surface area (Å²) in [6.45, 7) is 6.91. The van der Waals surface area contributed by atoms with Crippen LogP contribution in [0.15, 0.2) is 58.1 Å². The molecule has 0 unspecified atom stereocenters. The Morgan fingerprint density at radius 2 is 1.80 bits per heavy atom. The van der Waals surface area contributed by atoms with Gasteiger partial charge in [0.1, 0.15) is 12.6 Å². The molecule has 11 heteroatoms. The van der Waals surface area contributed by atoms with Crippen LogP contribution in [0, 0.1) is 17.9 Å². The molecule has 0 atom stereocenters. The molecular formula is C24H13Cl2N5O4. The summed E-state index contributed by atoms with van der Waals surface area (Å²) in [6.07, 6.45) is 1.33. The van der Waals surface area contributed by atoms with Crippen molar-refractivity contribution in [3.05, 3.63) is 75.1 Å². The van der Waals surface area contributed by atoms with Crippen molar-refractivity contribution < 1.29 is 19.1 Å². The molecule has 0 aliphatic carbocycles. The highest BCUT2D eigenvalue weighted by molar-refractivity contribution is 6.50. The second kappa shape index (κ2) is 9.90. The normalized spacial score (nSPS) is 15.6. The van der Waals surface area contributed by atoms with E-state index in [2.05, 4.69) is 14.9 Å². The zero-order valence-electron chi connectivity index (χ0n) is 17.8. The quantitative estimate of drug-likeness (QED) is 0.454. The highest BCUT2D eigenvalue weighted by atomic mass is 35.5. The van der Waals surface area contributed by atoms with Crippen molar-refractivity contribution in [2.24, 2.45) is 10.1 Å². The molecule has 0 bridgehead atoms.